The molecule has 3 rings (SSSR count). The fourth-order valence-electron chi connectivity index (χ4n) is 3.01. The summed E-state index contributed by atoms with van der Waals surface area (Å²) in [5.41, 5.74) is 0.766. The lowest BCUT2D eigenvalue weighted by Crippen LogP contribution is -2.40. The van der Waals surface area contributed by atoms with Gasteiger partial charge in [-0.2, -0.15) is 0 Å². The normalized spacial score (nSPS) is 25.9. The monoisotopic (exact) mass is 287 g/mol. The van der Waals surface area contributed by atoms with Crippen LogP contribution in [0.1, 0.15) is 38.3 Å². The number of oxazole rings is 1. The van der Waals surface area contributed by atoms with E-state index in [1.54, 1.807) is 18.7 Å². The van der Waals surface area contributed by atoms with E-state index >= 15 is 0 Å². The van der Waals surface area contributed by atoms with E-state index in [0.29, 0.717) is 11.9 Å². The largest absolute Gasteiger partial charge is 0.444 e. The first-order valence-electron chi connectivity index (χ1n) is 7.53. The van der Waals surface area contributed by atoms with Gasteiger partial charge in [0, 0.05) is 12.2 Å². The van der Waals surface area contributed by atoms with Crippen LogP contribution in [0.3, 0.4) is 0 Å². The summed E-state index contributed by atoms with van der Waals surface area (Å²) in [5.74, 6) is 0.553. The van der Waals surface area contributed by atoms with Gasteiger partial charge >= 0.3 is 0 Å². The Morgan fingerprint density at radius 3 is 2.71 bits per heavy atom. The third kappa shape index (κ3) is 2.99. The molecule has 112 valence electrons. The van der Waals surface area contributed by atoms with Gasteiger partial charge in [-0.05, 0) is 44.4 Å². The maximum atomic E-state index is 10.8. The van der Waals surface area contributed by atoms with Crippen LogP contribution in [0.15, 0.2) is 35.2 Å². The van der Waals surface area contributed by atoms with E-state index in [1.165, 1.54) is 0 Å². The summed E-state index contributed by atoms with van der Waals surface area (Å²) in [5, 5.41) is 14.3. The zero-order chi connectivity index (χ0) is 14.7. The van der Waals surface area contributed by atoms with Crippen LogP contribution in [0, 0.1) is 0 Å². The van der Waals surface area contributed by atoms with Crippen LogP contribution in [-0.2, 0) is 5.60 Å². The first-order valence-corrected chi connectivity index (χ1v) is 7.53. The number of rotatable bonds is 4. The lowest BCUT2D eigenvalue weighted by atomic mass is 9.80. The van der Waals surface area contributed by atoms with Gasteiger partial charge in [0.15, 0.2) is 0 Å². The summed E-state index contributed by atoms with van der Waals surface area (Å²) in [6.45, 7) is 3.09. The van der Waals surface area contributed by atoms with Crippen molar-refractivity contribution < 1.29 is 9.52 Å². The van der Waals surface area contributed by atoms with Crippen molar-refractivity contribution in [1.82, 2.24) is 15.3 Å². The summed E-state index contributed by atoms with van der Waals surface area (Å²) < 4.78 is 5.25. The van der Waals surface area contributed by atoms with Crippen molar-refractivity contribution in [1.29, 1.82) is 0 Å². The quantitative estimate of drug-likeness (QED) is 0.904. The van der Waals surface area contributed by atoms with E-state index in [9.17, 15) is 5.11 Å². The molecule has 2 aromatic rings. The fraction of sp³-hybridized carbons (Fsp3) is 0.500. The van der Waals surface area contributed by atoms with E-state index in [-0.39, 0.29) is 0 Å². The zero-order valence-corrected chi connectivity index (χ0v) is 12.2. The highest BCUT2D eigenvalue weighted by molar-refractivity contribution is 5.51. The van der Waals surface area contributed by atoms with Crippen LogP contribution in [0.5, 0.6) is 0 Å². The summed E-state index contributed by atoms with van der Waals surface area (Å²) in [6.07, 6.45) is 8.32. The number of nitrogens with zero attached hydrogens (tertiary/aromatic N) is 2. The molecule has 5 nitrogen and oxygen atoms in total. The number of hydrogen-bond donors (Lipinski definition) is 2. The summed E-state index contributed by atoms with van der Waals surface area (Å²) in [6, 6.07) is 4.30. The fourth-order valence-corrected chi connectivity index (χ4v) is 3.01. The maximum Gasteiger partial charge on any atom is 0.227 e. The summed E-state index contributed by atoms with van der Waals surface area (Å²) >= 11 is 0. The van der Waals surface area contributed by atoms with Crippen molar-refractivity contribution in [2.24, 2.45) is 0 Å². The van der Waals surface area contributed by atoms with Gasteiger partial charge in [0.1, 0.15) is 11.9 Å². The molecule has 0 spiro atoms. The molecule has 2 aromatic heterocycles. The Morgan fingerprint density at radius 1 is 1.33 bits per heavy atom. The predicted octanol–water partition coefficient (Wildman–Crippen LogP) is 2.48. The molecule has 0 bridgehead atoms. The van der Waals surface area contributed by atoms with Crippen LogP contribution >= 0.6 is 0 Å². The smallest absolute Gasteiger partial charge is 0.227 e. The number of aliphatic hydroxyl groups is 1. The van der Waals surface area contributed by atoms with Crippen molar-refractivity contribution in [3.63, 3.8) is 0 Å². The van der Waals surface area contributed by atoms with E-state index in [0.717, 1.165) is 43.5 Å². The number of nitrogens with one attached hydrogen (secondary N) is 1. The van der Waals surface area contributed by atoms with Crippen LogP contribution in [-0.4, -0.2) is 27.7 Å². The van der Waals surface area contributed by atoms with E-state index < -0.39 is 5.60 Å². The van der Waals surface area contributed by atoms with Gasteiger partial charge in [0.05, 0.1) is 17.5 Å². The highest BCUT2D eigenvalue weighted by Gasteiger charge is 2.35. The average Bonchev–Trinajstić information content (AvgIpc) is 3.05. The molecular formula is C16H21N3O2. The molecular weight excluding hydrogens is 266 g/mol. The lowest BCUT2D eigenvalue weighted by molar-refractivity contribution is -0.0120. The average molecular weight is 287 g/mol. The Balaban J connectivity index is 1.72. The molecule has 0 saturated heterocycles. The third-order valence-corrected chi connectivity index (χ3v) is 4.23. The summed E-state index contributed by atoms with van der Waals surface area (Å²) in [7, 11) is 0. The van der Waals surface area contributed by atoms with Gasteiger partial charge in [-0.25, -0.2) is 4.98 Å². The molecule has 0 aliphatic heterocycles. The minimum atomic E-state index is -0.805. The molecule has 0 unspecified atom stereocenters. The van der Waals surface area contributed by atoms with Gasteiger partial charge in [-0.15, -0.1) is 0 Å². The molecule has 0 atom stereocenters. The third-order valence-electron chi connectivity index (χ3n) is 4.23. The first-order chi connectivity index (χ1) is 10.2. The van der Waals surface area contributed by atoms with Gasteiger partial charge in [-0.1, -0.05) is 6.92 Å². The lowest BCUT2D eigenvalue weighted by Gasteiger charge is -2.35. The molecule has 1 fully saturated rings. The van der Waals surface area contributed by atoms with Gasteiger partial charge < -0.3 is 14.8 Å². The van der Waals surface area contributed by atoms with Gasteiger partial charge in [0.25, 0.3) is 0 Å². The van der Waals surface area contributed by atoms with Crippen molar-refractivity contribution in [2.75, 3.05) is 6.54 Å². The Labute approximate surface area is 124 Å². The number of hydrogen-bond acceptors (Lipinski definition) is 5. The maximum absolute atomic E-state index is 10.8. The van der Waals surface area contributed by atoms with Gasteiger partial charge in [0.2, 0.25) is 5.89 Å². The Bertz CT molecular complexity index is 558. The Morgan fingerprint density at radius 2 is 2.14 bits per heavy atom. The standard InChI is InChI=1S/C16H21N3O2/c1-2-17-13-5-7-16(20,8-6-13)14-4-3-12(11-19-14)15-18-9-10-21-15/h3-4,9-11,13,17,20H,2,5-8H2,1H3. The molecule has 2 N–H and O–H groups in total. The van der Waals surface area contributed by atoms with Crippen LogP contribution in [0.25, 0.3) is 11.5 Å². The molecule has 21 heavy (non-hydrogen) atoms. The van der Waals surface area contributed by atoms with Gasteiger partial charge in [-0.3, -0.25) is 4.98 Å². The SMILES string of the molecule is CCNC1CCC(O)(c2ccc(-c3ncco3)cn2)CC1. The molecule has 1 aliphatic carbocycles. The Hall–Kier alpha value is -1.72. The number of pyridine rings is 1. The number of aromatic nitrogens is 2. The van der Waals surface area contributed by atoms with E-state index in [2.05, 4.69) is 22.2 Å². The van der Waals surface area contributed by atoms with Crippen LogP contribution in [0.2, 0.25) is 0 Å². The highest BCUT2D eigenvalue weighted by Crippen LogP contribution is 2.36. The van der Waals surface area contributed by atoms with Crippen molar-refractivity contribution >= 4 is 0 Å². The predicted molar refractivity (Wildman–Crippen MR) is 79.6 cm³/mol. The second kappa shape index (κ2) is 5.95. The molecule has 5 heteroatoms. The second-order valence-electron chi connectivity index (χ2n) is 5.63. The first kappa shape index (κ1) is 14.2. The highest BCUT2D eigenvalue weighted by atomic mass is 16.3. The molecule has 1 aliphatic rings. The summed E-state index contributed by atoms with van der Waals surface area (Å²) in [4.78, 5) is 8.53. The molecule has 0 radical (unpaired) electrons. The minimum absolute atomic E-state index is 0.516. The Kier molecular flexibility index (Phi) is 4.03. The van der Waals surface area contributed by atoms with Crippen LogP contribution < -0.4 is 5.32 Å². The molecule has 0 amide bonds. The minimum Gasteiger partial charge on any atom is -0.444 e. The topological polar surface area (TPSA) is 71.2 Å². The van der Waals surface area contributed by atoms with E-state index in [1.807, 2.05) is 12.1 Å². The second-order valence-corrected chi connectivity index (χ2v) is 5.63. The van der Waals surface area contributed by atoms with E-state index in [4.69, 9.17) is 4.42 Å². The van der Waals surface area contributed by atoms with Crippen molar-refractivity contribution in [3.8, 4) is 11.5 Å². The molecule has 2 heterocycles. The molecule has 0 aromatic carbocycles. The van der Waals surface area contributed by atoms with Crippen molar-refractivity contribution in [2.45, 2.75) is 44.2 Å². The van der Waals surface area contributed by atoms with Crippen LogP contribution in [0.4, 0.5) is 0 Å². The van der Waals surface area contributed by atoms with Crippen molar-refractivity contribution in [3.05, 3.63) is 36.5 Å². The zero-order valence-electron chi connectivity index (χ0n) is 12.2. The molecule has 1 saturated carbocycles.